The number of hydrogen-bond donors (Lipinski definition) is 0. The van der Waals surface area contributed by atoms with E-state index in [4.69, 9.17) is 0 Å². The molecule has 0 bridgehead atoms. The number of nitrogens with zero attached hydrogens (tertiary/aromatic N) is 1. The van der Waals surface area contributed by atoms with E-state index in [0.717, 1.165) is 6.08 Å². The molecular weight excluding hydrogens is 90.1 g/mol. The maximum atomic E-state index is 10.0. The van der Waals surface area contributed by atoms with Crippen LogP contribution in [0, 0.1) is 0 Å². The highest BCUT2D eigenvalue weighted by Crippen LogP contribution is 1.69. The molecule has 0 saturated carbocycles. The van der Waals surface area contributed by atoms with E-state index in [1.54, 1.807) is 0 Å². The maximum Gasteiger partial charge on any atom is 0.276 e. The first kappa shape index (κ1) is 5.86. The first-order valence-corrected chi connectivity index (χ1v) is 1.67. The highest BCUT2D eigenvalue weighted by molar-refractivity contribution is 5.90. The zero-order chi connectivity index (χ0) is 5.70. The largest absolute Gasteiger partial charge is 0.276 e. The van der Waals surface area contributed by atoms with E-state index in [9.17, 15) is 4.79 Å². The van der Waals surface area contributed by atoms with Gasteiger partial charge in [-0.1, -0.05) is 6.58 Å². The summed E-state index contributed by atoms with van der Waals surface area (Å²) in [5, 5.41) is 0. The first-order chi connectivity index (χ1) is 3.31. The summed E-state index contributed by atoms with van der Waals surface area (Å²) in [6, 6.07) is 0. The maximum absolute atomic E-state index is 10.0. The molecule has 0 aromatic rings. The lowest BCUT2D eigenvalue weighted by molar-refractivity contribution is -0.113. The standard InChI is InChI=1S/C5H5NO/c1-3-4-5(7)6-2/h4H,1-2H2. The summed E-state index contributed by atoms with van der Waals surface area (Å²) < 4.78 is 0. The van der Waals surface area contributed by atoms with Gasteiger partial charge in [0.2, 0.25) is 0 Å². The highest BCUT2D eigenvalue weighted by Gasteiger charge is 1.79. The van der Waals surface area contributed by atoms with Gasteiger partial charge in [0.1, 0.15) is 0 Å². The number of carbonyl (C=O) groups excluding carboxylic acids is 1. The minimum absolute atomic E-state index is 0.407. The summed E-state index contributed by atoms with van der Waals surface area (Å²) >= 11 is 0. The van der Waals surface area contributed by atoms with Gasteiger partial charge in [0.15, 0.2) is 0 Å². The fourth-order valence-electron chi connectivity index (χ4n) is 0.133. The average Bonchev–Trinajstić information content (AvgIpc) is 1.68. The lowest BCUT2D eigenvalue weighted by atomic mass is 10.6. The van der Waals surface area contributed by atoms with Crippen molar-refractivity contribution in [2.24, 2.45) is 4.99 Å². The van der Waals surface area contributed by atoms with Crippen molar-refractivity contribution in [3.8, 4) is 0 Å². The van der Waals surface area contributed by atoms with Crippen LogP contribution in [0.25, 0.3) is 0 Å². The predicted molar refractivity (Wildman–Crippen MR) is 28.3 cm³/mol. The van der Waals surface area contributed by atoms with Crippen LogP contribution in [0.15, 0.2) is 23.4 Å². The molecule has 0 radical (unpaired) electrons. The van der Waals surface area contributed by atoms with E-state index in [-0.39, 0.29) is 0 Å². The summed E-state index contributed by atoms with van der Waals surface area (Å²) in [6.45, 7) is 6.14. The second-order valence-electron chi connectivity index (χ2n) is 0.845. The second-order valence-corrected chi connectivity index (χ2v) is 0.845. The third kappa shape index (κ3) is 2.67. The Balaban J connectivity index is 3.82. The summed E-state index contributed by atoms with van der Waals surface area (Å²) in [6.07, 6.45) is 1.12. The summed E-state index contributed by atoms with van der Waals surface area (Å²) in [5.41, 5.74) is 2.26. The van der Waals surface area contributed by atoms with Gasteiger partial charge in [-0.2, -0.15) is 0 Å². The van der Waals surface area contributed by atoms with Crippen LogP contribution in [0.3, 0.4) is 0 Å². The van der Waals surface area contributed by atoms with Gasteiger partial charge >= 0.3 is 0 Å². The SMILES string of the molecule is C=C=CC(=O)N=C. The van der Waals surface area contributed by atoms with Crippen LogP contribution in [-0.4, -0.2) is 12.6 Å². The molecule has 0 aromatic carbocycles. The lowest BCUT2D eigenvalue weighted by Crippen LogP contribution is -1.79. The van der Waals surface area contributed by atoms with Crippen molar-refractivity contribution >= 4 is 12.6 Å². The number of hydrogen-bond acceptors (Lipinski definition) is 1. The zero-order valence-corrected chi connectivity index (χ0v) is 3.85. The monoisotopic (exact) mass is 95.0 g/mol. The third-order valence-electron chi connectivity index (χ3n) is 0.381. The van der Waals surface area contributed by atoms with Crippen molar-refractivity contribution in [3.05, 3.63) is 18.4 Å². The number of aliphatic imine (C=N–C) groups is 1. The molecule has 0 heterocycles. The van der Waals surface area contributed by atoms with Gasteiger partial charge in [-0.25, -0.2) is 4.99 Å². The molecule has 0 aliphatic rings. The number of carbonyl (C=O) groups is 1. The van der Waals surface area contributed by atoms with E-state index in [0.29, 0.717) is 0 Å². The number of rotatable bonds is 1. The van der Waals surface area contributed by atoms with E-state index < -0.39 is 5.91 Å². The Hall–Kier alpha value is -1.14. The molecule has 36 valence electrons. The fourth-order valence-corrected chi connectivity index (χ4v) is 0.133. The smallest absolute Gasteiger partial charge is 0.267 e. The van der Waals surface area contributed by atoms with Gasteiger partial charge in [0, 0.05) is 6.08 Å². The molecule has 1 amide bonds. The van der Waals surface area contributed by atoms with Crippen LogP contribution in [0.1, 0.15) is 0 Å². The van der Waals surface area contributed by atoms with Crippen LogP contribution in [0.5, 0.6) is 0 Å². The van der Waals surface area contributed by atoms with E-state index in [1.165, 1.54) is 0 Å². The van der Waals surface area contributed by atoms with Crippen LogP contribution in [0.4, 0.5) is 0 Å². The highest BCUT2D eigenvalue weighted by atomic mass is 16.1. The molecule has 0 aliphatic heterocycles. The molecule has 0 aliphatic carbocycles. The minimum Gasteiger partial charge on any atom is -0.267 e. The summed E-state index contributed by atoms with van der Waals surface area (Å²) in [7, 11) is 0. The molecule has 0 spiro atoms. The molecule has 0 aromatic heterocycles. The quantitative estimate of drug-likeness (QED) is 0.266. The third-order valence-corrected chi connectivity index (χ3v) is 0.381. The van der Waals surface area contributed by atoms with E-state index in [1.807, 2.05) is 0 Å². The fraction of sp³-hybridized carbons (Fsp3) is 0. The second kappa shape index (κ2) is 3.07. The van der Waals surface area contributed by atoms with Crippen molar-refractivity contribution in [2.45, 2.75) is 0 Å². The van der Waals surface area contributed by atoms with Crippen LogP contribution in [-0.2, 0) is 4.79 Å². The van der Waals surface area contributed by atoms with Gasteiger partial charge in [-0.05, 0) is 6.72 Å². The van der Waals surface area contributed by atoms with Crippen molar-refractivity contribution in [3.63, 3.8) is 0 Å². The van der Waals surface area contributed by atoms with Crippen LogP contribution >= 0.6 is 0 Å². The van der Waals surface area contributed by atoms with Crippen molar-refractivity contribution in [2.75, 3.05) is 0 Å². The zero-order valence-electron chi connectivity index (χ0n) is 3.85. The van der Waals surface area contributed by atoms with Gasteiger partial charge in [-0.3, -0.25) is 4.79 Å². The Morgan fingerprint density at radius 2 is 2.43 bits per heavy atom. The Labute approximate surface area is 41.9 Å². The molecule has 0 rings (SSSR count). The molecule has 0 fully saturated rings. The normalized spacial score (nSPS) is 6.29. The molecular formula is C5H5NO. The van der Waals surface area contributed by atoms with Gasteiger partial charge < -0.3 is 0 Å². The predicted octanol–water partition coefficient (Wildman–Crippen LogP) is 0.555. The van der Waals surface area contributed by atoms with Crippen molar-refractivity contribution in [1.82, 2.24) is 0 Å². The van der Waals surface area contributed by atoms with Gasteiger partial charge in [0.05, 0.1) is 0 Å². The molecule has 0 N–H and O–H groups in total. The lowest BCUT2D eigenvalue weighted by Gasteiger charge is -1.68. The Morgan fingerprint density at radius 3 is 2.57 bits per heavy atom. The van der Waals surface area contributed by atoms with Gasteiger partial charge in [0.25, 0.3) is 5.91 Å². The summed E-state index contributed by atoms with van der Waals surface area (Å²) in [4.78, 5) is 13.1. The molecule has 7 heavy (non-hydrogen) atoms. The van der Waals surface area contributed by atoms with Crippen molar-refractivity contribution in [1.29, 1.82) is 0 Å². The molecule has 0 saturated heterocycles. The van der Waals surface area contributed by atoms with Gasteiger partial charge in [-0.15, -0.1) is 5.73 Å². The number of amides is 1. The average molecular weight is 95.1 g/mol. The Kier molecular flexibility index (Phi) is 2.57. The van der Waals surface area contributed by atoms with Crippen LogP contribution < -0.4 is 0 Å². The topological polar surface area (TPSA) is 29.4 Å². The molecule has 0 unspecified atom stereocenters. The molecule has 2 nitrogen and oxygen atoms in total. The van der Waals surface area contributed by atoms with E-state index in [2.05, 4.69) is 24.0 Å². The molecule has 0 atom stereocenters. The van der Waals surface area contributed by atoms with Crippen molar-refractivity contribution < 1.29 is 4.79 Å². The Bertz CT molecular complexity index is 131. The summed E-state index contributed by atoms with van der Waals surface area (Å²) in [5.74, 6) is -0.407. The molecule has 2 heteroatoms. The van der Waals surface area contributed by atoms with E-state index >= 15 is 0 Å². The van der Waals surface area contributed by atoms with Crippen LogP contribution in [0.2, 0.25) is 0 Å². The minimum atomic E-state index is -0.407. The first-order valence-electron chi connectivity index (χ1n) is 1.67. The Morgan fingerprint density at radius 1 is 1.86 bits per heavy atom.